The Morgan fingerprint density at radius 2 is 2.35 bits per heavy atom. The summed E-state index contributed by atoms with van der Waals surface area (Å²) in [7, 11) is 0. The Balaban J connectivity index is 1.92. The third-order valence-electron chi connectivity index (χ3n) is 3.11. The molecule has 1 unspecified atom stereocenters. The molecule has 23 heavy (non-hydrogen) atoms. The molecule has 0 aliphatic rings. The maximum Gasteiger partial charge on any atom is 0.251 e. The summed E-state index contributed by atoms with van der Waals surface area (Å²) in [6.07, 6.45) is 3.81. The Morgan fingerprint density at radius 3 is 3.00 bits per heavy atom. The molecule has 1 aromatic carbocycles. The normalized spacial score (nSPS) is 12.0. The number of nitrogens with zero attached hydrogens (tertiary/aromatic N) is 3. The molecule has 1 amide bonds. The number of rotatable bonds is 8. The van der Waals surface area contributed by atoms with Crippen molar-refractivity contribution in [1.29, 1.82) is 0 Å². The van der Waals surface area contributed by atoms with Gasteiger partial charge >= 0.3 is 0 Å². The molecule has 1 aromatic heterocycles. The molecule has 0 saturated heterocycles. The van der Waals surface area contributed by atoms with Crippen LogP contribution >= 0.6 is 11.6 Å². The largest absolute Gasteiger partial charge is 0.492 e. The van der Waals surface area contributed by atoms with Crippen LogP contribution in [0.4, 0.5) is 0 Å². The van der Waals surface area contributed by atoms with Crippen molar-refractivity contribution in [3.63, 3.8) is 0 Å². The Bertz CT molecular complexity index is 633. The van der Waals surface area contributed by atoms with Crippen LogP contribution < -0.4 is 15.8 Å². The zero-order valence-corrected chi connectivity index (χ0v) is 13.7. The fourth-order valence-electron chi connectivity index (χ4n) is 1.98. The van der Waals surface area contributed by atoms with Crippen LogP contribution in [0.25, 0.3) is 0 Å². The minimum atomic E-state index is -0.201. The van der Waals surface area contributed by atoms with E-state index in [4.69, 9.17) is 22.1 Å². The number of amides is 1. The van der Waals surface area contributed by atoms with Crippen molar-refractivity contribution in [2.24, 2.45) is 5.73 Å². The molecule has 8 heteroatoms. The highest BCUT2D eigenvalue weighted by Crippen LogP contribution is 2.25. The van der Waals surface area contributed by atoms with Gasteiger partial charge in [0, 0.05) is 11.6 Å². The van der Waals surface area contributed by atoms with E-state index in [9.17, 15) is 4.79 Å². The Hall–Kier alpha value is -2.12. The minimum Gasteiger partial charge on any atom is -0.492 e. The van der Waals surface area contributed by atoms with Crippen LogP contribution in [0.3, 0.4) is 0 Å². The lowest BCUT2D eigenvalue weighted by atomic mass is 10.2. The van der Waals surface area contributed by atoms with Gasteiger partial charge in [0.15, 0.2) is 0 Å². The van der Waals surface area contributed by atoms with Gasteiger partial charge in [0.2, 0.25) is 0 Å². The SMILES string of the molecule is CC(Cn1cncn1)NC(=O)c1ccc(OCCCN)c(Cl)c1. The third-order valence-corrected chi connectivity index (χ3v) is 3.40. The van der Waals surface area contributed by atoms with Gasteiger partial charge in [0.05, 0.1) is 18.2 Å². The summed E-state index contributed by atoms with van der Waals surface area (Å²) in [5, 5.41) is 7.30. The number of benzene rings is 1. The molecule has 0 spiro atoms. The fourth-order valence-corrected chi connectivity index (χ4v) is 2.22. The standard InChI is InChI=1S/C15H20ClN5O2/c1-11(8-21-10-18-9-19-21)20-15(22)12-3-4-14(13(16)7-12)23-6-2-5-17/h3-4,7,9-11H,2,5-6,8,17H2,1H3,(H,20,22). The van der Waals surface area contributed by atoms with Crippen LogP contribution in [0.15, 0.2) is 30.9 Å². The van der Waals surface area contributed by atoms with Crippen molar-refractivity contribution < 1.29 is 9.53 Å². The van der Waals surface area contributed by atoms with Crippen LogP contribution in [0.2, 0.25) is 5.02 Å². The number of carbonyl (C=O) groups is 1. The summed E-state index contributed by atoms with van der Waals surface area (Å²) in [5.74, 6) is 0.348. The molecule has 3 N–H and O–H groups in total. The van der Waals surface area contributed by atoms with Crippen molar-refractivity contribution in [3.8, 4) is 5.75 Å². The molecule has 7 nitrogen and oxygen atoms in total. The van der Waals surface area contributed by atoms with E-state index in [0.29, 0.717) is 36.0 Å². The van der Waals surface area contributed by atoms with E-state index >= 15 is 0 Å². The second-order valence-electron chi connectivity index (χ2n) is 5.13. The molecule has 0 saturated carbocycles. The number of nitrogens with two attached hydrogens (primary N) is 1. The van der Waals surface area contributed by atoms with E-state index in [1.807, 2.05) is 6.92 Å². The van der Waals surface area contributed by atoms with E-state index in [1.165, 1.54) is 6.33 Å². The van der Waals surface area contributed by atoms with Gasteiger partial charge in [-0.1, -0.05) is 11.6 Å². The predicted molar refractivity (Wildman–Crippen MR) is 87.6 cm³/mol. The quantitative estimate of drug-likeness (QED) is 0.711. The smallest absolute Gasteiger partial charge is 0.251 e. The first-order valence-corrected chi connectivity index (χ1v) is 7.73. The van der Waals surface area contributed by atoms with E-state index in [-0.39, 0.29) is 11.9 Å². The molecule has 2 aromatic rings. The van der Waals surface area contributed by atoms with Crippen molar-refractivity contribution >= 4 is 17.5 Å². The highest BCUT2D eigenvalue weighted by molar-refractivity contribution is 6.32. The second-order valence-corrected chi connectivity index (χ2v) is 5.54. The number of ether oxygens (including phenoxy) is 1. The van der Waals surface area contributed by atoms with Gasteiger partial charge in [-0.05, 0) is 38.1 Å². The average Bonchev–Trinajstić information content (AvgIpc) is 3.01. The van der Waals surface area contributed by atoms with Gasteiger partial charge in [-0.3, -0.25) is 9.48 Å². The lowest BCUT2D eigenvalue weighted by Gasteiger charge is -2.14. The predicted octanol–water partition coefficient (Wildman–Crippen LogP) is 1.48. The van der Waals surface area contributed by atoms with Crippen molar-refractivity contribution in [3.05, 3.63) is 41.4 Å². The van der Waals surface area contributed by atoms with Crippen LogP contribution in [-0.4, -0.2) is 39.9 Å². The third kappa shape index (κ3) is 5.22. The Kier molecular flexibility index (Phi) is 6.37. The highest BCUT2D eigenvalue weighted by atomic mass is 35.5. The van der Waals surface area contributed by atoms with Crippen LogP contribution in [0.5, 0.6) is 5.75 Å². The monoisotopic (exact) mass is 337 g/mol. The summed E-state index contributed by atoms with van der Waals surface area (Å²) in [4.78, 5) is 16.1. The lowest BCUT2D eigenvalue weighted by molar-refractivity contribution is 0.0936. The van der Waals surface area contributed by atoms with Gasteiger partial charge in [0.1, 0.15) is 18.4 Å². The van der Waals surface area contributed by atoms with Crippen molar-refractivity contribution in [2.75, 3.05) is 13.2 Å². The second kappa shape index (κ2) is 8.50. The average molecular weight is 338 g/mol. The zero-order valence-electron chi connectivity index (χ0n) is 12.9. The minimum absolute atomic E-state index is 0.0940. The first kappa shape index (κ1) is 17.2. The van der Waals surface area contributed by atoms with Gasteiger partial charge < -0.3 is 15.8 Å². The number of aromatic nitrogens is 3. The molecular weight excluding hydrogens is 318 g/mol. The Morgan fingerprint density at radius 1 is 1.52 bits per heavy atom. The van der Waals surface area contributed by atoms with E-state index in [2.05, 4.69) is 15.4 Å². The highest BCUT2D eigenvalue weighted by Gasteiger charge is 2.13. The van der Waals surface area contributed by atoms with Crippen molar-refractivity contribution in [1.82, 2.24) is 20.1 Å². The molecule has 124 valence electrons. The number of halogens is 1. The molecule has 0 aliphatic heterocycles. The van der Waals surface area contributed by atoms with E-state index in [0.717, 1.165) is 6.42 Å². The number of carbonyl (C=O) groups excluding carboxylic acids is 1. The molecule has 0 bridgehead atoms. The van der Waals surface area contributed by atoms with Crippen molar-refractivity contribution in [2.45, 2.75) is 25.9 Å². The Labute approximate surface area is 139 Å². The van der Waals surface area contributed by atoms with Crippen LogP contribution in [0, 0.1) is 0 Å². The lowest BCUT2D eigenvalue weighted by Crippen LogP contribution is -2.35. The molecule has 0 radical (unpaired) electrons. The molecule has 2 rings (SSSR count). The number of hydrogen-bond acceptors (Lipinski definition) is 5. The number of nitrogens with one attached hydrogen (secondary N) is 1. The summed E-state index contributed by atoms with van der Waals surface area (Å²) < 4.78 is 7.16. The summed E-state index contributed by atoms with van der Waals surface area (Å²) >= 11 is 6.15. The molecule has 0 fully saturated rings. The summed E-state index contributed by atoms with van der Waals surface area (Å²) in [5.41, 5.74) is 5.89. The first-order chi connectivity index (χ1) is 11.1. The number of hydrogen-bond donors (Lipinski definition) is 2. The topological polar surface area (TPSA) is 95.1 Å². The van der Waals surface area contributed by atoms with Crippen LogP contribution in [0.1, 0.15) is 23.7 Å². The summed E-state index contributed by atoms with van der Waals surface area (Å²) in [6, 6.07) is 4.87. The maximum atomic E-state index is 12.2. The van der Waals surface area contributed by atoms with Gasteiger partial charge in [-0.15, -0.1) is 0 Å². The molecular formula is C15H20ClN5O2. The van der Waals surface area contributed by atoms with E-state index < -0.39 is 0 Å². The molecule has 1 heterocycles. The van der Waals surface area contributed by atoms with Crippen LogP contribution in [-0.2, 0) is 6.54 Å². The van der Waals surface area contributed by atoms with Gasteiger partial charge in [0.25, 0.3) is 5.91 Å². The fraction of sp³-hybridized carbons (Fsp3) is 0.400. The zero-order chi connectivity index (χ0) is 16.7. The van der Waals surface area contributed by atoms with E-state index in [1.54, 1.807) is 29.2 Å². The maximum absolute atomic E-state index is 12.2. The molecule has 1 atom stereocenters. The summed E-state index contributed by atoms with van der Waals surface area (Å²) in [6.45, 7) is 3.49. The molecule has 0 aliphatic carbocycles. The first-order valence-electron chi connectivity index (χ1n) is 7.36. The van der Waals surface area contributed by atoms with Gasteiger partial charge in [-0.25, -0.2) is 4.98 Å². The van der Waals surface area contributed by atoms with Gasteiger partial charge in [-0.2, -0.15) is 5.10 Å².